The maximum Gasteiger partial charge on any atom is 0.379 e. The molecule has 0 unspecified atom stereocenters. The van der Waals surface area contributed by atoms with Crippen LogP contribution >= 0.6 is 0 Å². The lowest BCUT2D eigenvalue weighted by Crippen LogP contribution is -2.31. The molecular weight excluding hydrogens is 458 g/mol. The van der Waals surface area contributed by atoms with Crippen LogP contribution in [0.25, 0.3) is 0 Å². The molecule has 0 aliphatic carbocycles. The second-order valence-electron chi connectivity index (χ2n) is 8.13. The molecule has 0 atom stereocenters. The highest BCUT2D eigenvalue weighted by atomic mass is 16.5. The fraction of sp³-hybridized carbons (Fsp3) is 0.192. The van der Waals surface area contributed by atoms with Crippen molar-refractivity contribution < 1.29 is 13.9 Å². The van der Waals surface area contributed by atoms with Crippen molar-refractivity contribution >= 4 is 35.7 Å². The summed E-state index contributed by atoms with van der Waals surface area (Å²) < 4.78 is 10.3. The van der Waals surface area contributed by atoms with Crippen LogP contribution in [0, 0.1) is 0 Å². The number of aromatic nitrogens is 3. The van der Waals surface area contributed by atoms with E-state index < -0.39 is 5.97 Å². The summed E-state index contributed by atoms with van der Waals surface area (Å²) in [6, 6.07) is 19.9. The molecule has 0 radical (unpaired) electrons. The Labute approximate surface area is 208 Å². The van der Waals surface area contributed by atoms with Crippen LogP contribution in [0.15, 0.2) is 82.5 Å². The van der Waals surface area contributed by atoms with Crippen molar-refractivity contribution in [2.45, 2.75) is 19.3 Å². The molecule has 3 heterocycles. The molecule has 1 aliphatic rings. The van der Waals surface area contributed by atoms with Gasteiger partial charge >= 0.3 is 5.97 Å². The van der Waals surface area contributed by atoms with Crippen LogP contribution in [0.5, 0.6) is 5.75 Å². The second kappa shape index (κ2) is 11.1. The van der Waals surface area contributed by atoms with Crippen molar-refractivity contribution in [1.82, 2.24) is 15.0 Å². The molecule has 4 aromatic rings. The van der Waals surface area contributed by atoms with Crippen molar-refractivity contribution in [1.29, 1.82) is 0 Å². The third-order valence-corrected chi connectivity index (χ3v) is 5.48. The van der Waals surface area contributed by atoms with Crippen molar-refractivity contribution in [3.8, 4) is 5.75 Å². The molecule has 1 aliphatic heterocycles. The lowest BCUT2D eigenvalue weighted by Gasteiger charge is -2.26. The van der Waals surface area contributed by atoms with Gasteiger partial charge in [-0.25, -0.2) is 10.2 Å². The summed E-state index contributed by atoms with van der Waals surface area (Å²) >= 11 is 0. The summed E-state index contributed by atoms with van der Waals surface area (Å²) in [6.45, 7) is 1.82. The van der Waals surface area contributed by atoms with E-state index in [-0.39, 0.29) is 5.76 Å². The summed E-state index contributed by atoms with van der Waals surface area (Å²) in [5.74, 6) is 1.39. The molecular formula is C26H25N7O3. The zero-order valence-corrected chi connectivity index (χ0v) is 19.5. The number of nitrogens with zero attached hydrogens (tertiary/aromatic N) is 5. The van der Waals surface area contributed by atoms with Gasteiger partial charge in [-0.2, -0.15) is 20.1 Å². The van der Waals surface area contributed by atoms with E-state index in [1.54, 1.807) is 42.6 Å². The van der Waals surface area contributed by atoms with Crippen molar-refractivity contribution in [2.75, 3.05) is 28.7 Å². The normalized spacial score (nSPS) is 13.5. The highest BCUT2D eigenvalue weighted by molar-refractivity contribution is 5.88. The molecule has 0 bridgehead atoms. The number of para-hydroxylation sites is 1. The number of nitrogens with one attached hydrogen (secondary N) is 2. The molecule has 1 saturated heterocycles. The number of carbonyl (C=O) groups is 1. The number of ether oxygens (including phenoxy) is 1. The number of piperidine rings is 1. The van der Waals surface area contributed by atoms with Crippen LogP contribution in [0.4, 0.5) is 23.5 Å². The van der Waals surface area contributed by atoms with E-state index in [4.69, 9.17) is 9.15 Å². The van der Waals surface area contributed by atoms with Gasteiger partial charge in [-0.15, -0.1) is 0 Å². The van der Waals surface area contributed by atoms with Gasteiger partial charge in [0, 0.05) is 18.8 Å². The average molecular weight is 484 g/mol. The Morgan fingerprint density at radius 2 is 1.69 bits per heavy atom. The highest BCUT2D eigenvalue weighted by Crippen LogP contribution is 2.21. The van der Waals surface area contributed by atoms with E-state index in [1.807, 2.05) is 30.3 Å². The Kier molecular flexibility index (Phi) is 7.12. The van der Waals surface area contributed by atoms with E-state index >= 15 is 0 Å². The molecule has 2 N–H and O–H groups in total. The number of anilines is 4. The fourth-order valence-electron chi connectivity index (χ4n) is 3.70. The van der Waals surface area contributed by atoms with E-state index in [0.717, 1.165) is 37.2 Å². The maximum atomic E-state index is 12.0. The fourth-order valence-corrected chi connectivity index (χ4v) is 3.70. The Morgan fingerprint density at radius 3 is 2.44 bits per heavy atom. The number of hydrogen-bond donors (Lipinski definition) is 2. The summed E-state index contributed by atoms with van der Waals surface area (Å²) in [4.78, 5) is 27.8. The summed E-state index contributed by atoms with van der Waals surface area (Å²) in [7, 11) is 0. The summed E-state index contributed by atoms with van der Waals surface area (Å²) in [6.07, 6.45) is 6.49. The highest BCUT2D eigenvalue weighted by Gasteiger charge is 2.16. The van der Waals surface area contributed by atoms with E-state index in [9.17, 15) is 4.79 Å². The number of benzene rings is 2. The first-order chi connectivity index (χ1) is 17.7. The largest absolute Gasteiger partial charge is 0.457 e. The minimum Gasteiger partial charge on any atom is -0.457 e. The van der Waals surface area contributed by atoms with Crippen molar-refractivity contribution in [3.05, 3.63) is 84.3 Å². The first kappa shape index (κ1) is 23.0. The zero-order chi connectivity index (χ0) is 24.6. The van der Waals surface area contributed by atoms with Crippen LogP contribution in [-0.2, 0) is 0 Å². The van der Waals surface area contributed by atoms with Gasteiger partial charge in [-0.1, -0.05) is 18.2 Å². The van der Waals surface area contributed by atoms with Crippen molar-refractivity contribution in [3.63, 3.8) is 0 Å². The Bertz CT molecular complexity index is 1300. The van der Waals surface area contributed by atoms with Crippen LogP contribution in [0.3, 0.4) is 0 Å². The standard InChI is InChI=1S/C26H25N7O3/c34-23(22-10-7-17-35-22)36-21-13-11-19(12-14-21)18-27-32-25-29-24(28-20-8-3-1-4-9-20)30-26(31-25)33-15-5-2-6-16-33/h1,3-4,7-14,17-18H,2,5-6,15-16H2,(H2,28,29,30,31,32). The molecule has 1 fully saturated rings. The maximum absolute atomic E-state index is 12.0. The average Bonchev–Trinajstić information content (AvgIpc) is 3.46. The van der Waals surface area contributed by atoms with E-state index in [1.165, 1.54) is 12.7 Å². The van der Waals surface area contributed by atoms with Gasteiger partial charge < -0.3 is 19.4 Å². The summed E-state index contributed by atoms with van der Waals surface area (Å²) in [5.41, 5.74) is 4.59. The van der Waals surface area contributed by atoms with Gasteiger partial charge in [0.25, 0.3) is 0 Å². The number of hydrazone groups is 1. The van der Waals surface area contributed by atoms with E-state index in [2.05, 4.69) is 35.7 Å². The summed E-state index contributed by atoms with van der Waals surface area (Å²) in [5, 5.41) is 7.52. The number of furan rings is 1. The van der Waals surface area contributed by atoms with Crippen LogP contribution in [-0.4, -0.2) is 40.2 Å². The van der Waals surface area contributed by atoms with Gasteiger partial charge in [0.1, 0.15) is 5.75 Å². The van der Waals surface area contributed by atoms with Gasteiger partial charge in [0.2, 0.25) is 23.6 Å². The number of rotatable bonds is 8. The van der Waals surface area contributed by atoms with Gasteiger partial charge in [0.05, 0.1) is 12.5 Å². The zero-order valence-electron chi connectivity index (χ0n) is 19.5. The number of hydrogen-bond acceptors (Lipinski definition) is 10. The van der Waals surface area contributed by atoms with Crippen LogP contribution in [0.2, 0.25) is 0 Å². The van der Waals surface area contributed by atoms with E-state index in [0.29, 0.717) is 23.6 Å². The predicted octanol–water partition coefficient (Wildman–Crippen LogP) is 4.86. The first-order valence-electron chi connectivity index (χ1n) is 11.7. The molecule has 5 rings (SSSR count). The SMILES string of the molecule is O=C(Oc1ccc(C=NNc2nc(Nc3ccccc3)nc(N3CCCCC3)n2)cc1)c1ccco1. The van der Waals surface area contributed by atoms with Crippen molar-refractivity contribution in [2.24, 2.45) is 5.10 Å². The first-order valence-corrected chi connectivity index (χ1v) is 11.7. The lowest BCUT2D eigenvalue weighted by atomic mass is 10.1. The predicted molar refractivity (Wildman–Crippen MR) is 137 cm³/mol. The number of carbonyl (C=O) groups excluding carboxylic acids is 1. The molecule has 0 spiro atoms. The van der Waals surface area contributed by atoms with Crippen LogP contribution in [0.1, 0.15) is 35.4 Å². The van der Waals surface area contributed by atoms with Gasteiger partial charge in [-0.3, -0.25) is 0 Å². The van der Waals surface area contributed by atoms with Crippen LogP contribution < -0.4 is 20.4 Å². The molecule has 2 aromatic carbocycles. The molecule has 36 heavy (non-hydrogen) atoms. The lowest BCUT2D eigenvalue weighted by molar-refractivity contribution is 0.0701. The van der Waals surface area contributed by atoms with Gasteiger partial charge in [0.15, 0.2) is 0 Å². The second-order valence-corrected chi connectivity index (χ2v) is 8.13. The number of esters is 1. The third-order valence-electron chi connectivity index (χ3n) is 5.48. The minimum absolute atomic E-state index is 0.146. The Morgan fingerprint density at radius 1 is 0.917 bits per heavy atom. The Hall–Kier alpha value is -4.73. The topological polar surface area (TPSA) is 118 Å². The quantitative estimate of drug-likeness (QED) is 0.157. The molecule has 10 nitrogen and oxygen atoms in total. The molecule has 182 valence electrons. The molecule has 2 aromatic heterocycles. The monoisotopic (exact) mass is 483 g/mol. The molecule has 10 heteroatoms. The molecule has 0 saturated carbocycles. The molecule has 0 amide bonds. The van der Waals surface area contributed by atoms with Gasteiger partial charge in [-0.05, 0) is 73.4 Å². The Balaban J connectivity index is 1.27. The third kappa shape index (κ3) is 6.03. The smallest absolute Gasteiger partial charge is 0.379 e. The minimum atomic E-state index is -0.553.